The number of hydrogen-bond donors (Lipinski definition) is 1. The first kappa shape index (κ1) is 19.7. The number of esters is 1. The maximum absolute atomic E-state index is 13.3. The van der Waals surface area contributed by atoms with Crippen LogP contribution in [0.15, 0.2) is 66.9 Å². The normalized spacial score (nSPS) is 12.1. The van der Waals surface area contributed by atoms with Crippen LogP contribution in [-0.4, -0.2) is 39.2 Å². The second kappa shape index (κ2) is 8.79. The number of hydrogen-bond acceptors (Lipinski definition) is 6. The fourth-order valence-electron chi connectivity index (χ4n) is 3.31. The summed E-state index contributed by atoms with van der Waals surface area (Å²) in [5.74, 6) is -0.643. The third kappa shape index (κ3) is 4.33. The summed E-state index contributed by atoms with van der Waals surface area (Å²) in [5.41, 5.74) is 4.09. The van der Waals surface area contributed by atoms with E-state index in [4.69, 9.17) is 4.74 Å². The van der Waals surface area contributed by atoms with Gasteiger partial charge >= 0.3 is 5.97 Å². The van der Waals surface area contributed by atoms with E-state index in [1.807, 2.05) is 36.4 Å². The first-order valence-electron chi connectivity index (χ1n) is 9.46. The van der Waals surface area contributed by atoms with Crippen LogP contribution < -0.4 is 5.32 Å². The Morgan fingerprint density at radius 3 is 2.63 bits per heavy atom. The largest absolute Gasteiger partial charge is 0.468 e. The molecule has 1 atom stereocenters. The number of carbonyl (C=O) groups excluding carboxylic acids is 1. The molecular weight excluding hydrogens is 385 g/mol. The topological polar surface area (TPSA) is 81.4 Å². The number of carbonyl (C=O) groups is 1. The Balaban J connectivity index is 1.60. The van der Waals surface area contributed by atoms with Crippen LogP contribution in [0.4, 0.5) is 4.39 Å². The highest BCUT2D eigenvalue weighted by Crippen LogP contribution is 2.22. The highest BCUT2D eigenvalue weighted by molar-refractivity contribution is 5.76. The van der Waals surface area contributed by atoms with Crippen LogP contribution in [0, 0.1) is 5.82 Å². The lowest BCUT2D eigenvalue weighted by Gasteiger charge is -2.17. The van der Waals surface area contributed by atoms with Crippen molar-refractivity contribution >= 4 is 11.6 Å². The Kier molecular flexibility index (Phi) is 5.76. The zero-order valence-corrected chi connectivity index (χ0v) is 16.3. The number of halogens is 1. The number of nitrogens with one attached hydrogen (secondary N) is 1. The van der Waals surface area contributed by atoms with E-state index in [1.54, 1.807) is 22.8 Å². The lowest BCUT2D eigenvalue weighted by molar-refractivity contribution is -0.143. The van der Waals surface area contributed by atoms with Crippen molar-refractivity contribution in [3.8, 4) is 11.1 Å². The van der Waals surface area contributed by atoms with Gasteiger partial charge in [-0.2, -0.15) is 4.52 Å². The first-order chi connectivity index (χ1) is 14.6. The molecule has 2 heterocycles. The number of tetrazole rings is 1. The molecule has 0 saturated carbocycles. The molecule has 0 fully saturated rings. The number of ether oxygens (including phenoxy) is 1. The molecule has 2 aromatic carbocycles. The fraction of sp³-hybridized carbons (Fsp3) is 0.182. The maximum atomic E-state index is 13.3. The summed E-state index contributed by atoms with van der Waals surface area (Å²) in [6.07, 6.45) is 2.28. The molecule has 0 amide bonds. The van der Waals surface area contributed by atoms with Gasteiger partial charge in [0.15, 0.2) is 5.65 Å². The minimum atomic E-state index is -0.525. The van der Waals surface area contributed by atoms with E-state index in [2.05, 4.69) is 20.8 Å². The maximum Gasteiger partial charge on any atom is 0.323 e. The second-order valence-electron chi connectivity index (χ2n) is 6.85. The average Bonchev–Trinajstić information content (AvgIpc) is 3.26. The SMILES string of the molecule is COC(=O)C(Cc1ccccc1)NCc1cc(-c2ccc(F)cc2)cn2nnnc12. The van der Waals surface area contributed by atoms with Gasteiger partial charge in [-0.1, -0.05) is 42.5 Å². The van der Waals surface area contributed by atoms with Crippen LogP contribution in [0.25, 0.3) is 16.8 Å². The average molecular weight is 405 g/mol. The molecule has 0 spiro atoms. The van der Waals surface area contributed by atoms with Gasteiger partial charge in [0.05, 0.1) is 7.11 Å². The zero-order valence-electron chi connectivity index (χ0n) is 16.3. The molecule has 0 bridgehead atoms. The molecule has 152 valence electrons. The second-order valence-corrected chi connectivity index (χ2v) is 6.85. The fourth-order valence-corrected chi connectivity index (χ4v) is 3.31. The van der Waals surface area contributed by atoms with Crippen molar-refractivity contribution in [2.75, 3.05) is 7.11 Å². The molecule has 1 unspecified atom stereocenters. The minimum absolute atomic E-state index is 0.300. The minimum Gasteiger partial charge on any atom is -0.468 e. The van der Waals surface area contributed by atoms with Crippen molar-refractivity contribution in [2.24, 2.45) is 0 Å². The number of nitrogens with zero attached hydrogens (tertiary/aromatic N) is 4. The third-order valence-corrected chi connectivity index (χ3v) is 4.86. The molecule has 0 radical (unpaired) electrons. The summed E-state index contributed by atoms with van der Waals surface area (Å²) in [7, 11) is 1.37. The summed E-state index contributed by atoms with van der Waals surface area (Å²) in [5, 5.41) is 15.1. The van der Waals surface area contributed by atoms with Gasteiger partial charge in [-0.15, -0.1) is 5.10 Å². The number of aromatic nitrogens is 4. The summed E-state index contributed by atoms with van der Waals surface area (Å²) >= 11 is 0. The Labute approximate surface area is 172 Å². The molecule has 0 aliphatic rings. The molecule has 0 aliphatic heterocycles. The molecule has 4 aromatic rings. The first-order valence-corrected chi connectivity index (χ1v) is 9.46. The van der Waals surface area contributed by atoms with E-state index in [9.17, 15) is 9.18 Å². The summed E-state index contributed by atoms with van der Waals surface area (Å²) in [6, 6.07) is 17.3. The van der Waals surface area contributed by atoms with Crippen LogP contribution >= 0.6 is 0 Å². The Bertz CT molecular complexity index is 1150. The van der Waals surface area contributed by atoms with Gasteiger partial charge in [-0.3, -0.25) is 10.1 Å². The van der Waals surface area contributed by atoms with E-state index in [0.717, 1.165) is 22.3 Å². The molecule has 0 aliphatic carbocycles. The Morgan fingerprint density at radius 2 is 1.90 bits per heavy atom. The number of rotatable bonds is 7. The van der Waals surface area contributed by atoms with E-state index in [-0.39, 0.29) is 11.8 Å². The van der Waals surface area contributed by atoms with Crippen LogP contribution in [0.2, 0.25) is 0 Å². The van der Waals surface area contributed by atoms with Crippen LogP contribution in [0.5, 0.6) is 0 Å². The van der Waals surface area contributed by atoms with Crippen molar-refractivity contribution in [3.05, 3.63) is 83.8 Å². The summed E-state index contributed by atoms with van der Waals surface area (Å²) in [6.45, 7) is 0.353. The lowest BCUT2D eigenvalue weighted by Crippen LogP contribution is -2.39. The van der Waals surface area contributed by atoms with Crippen LogP contribution in [0.1, 0.15) is 11.1 Å². The van der Waals surface area contributed by atoms with Crippen molar-refractivity contribution in [2.45, 2.75) is 19.0 Å². The summed E-state index contributed by atoms with van der Waals surface area (Å²) < 4.78 is 19.8. The van der Waals surface area contributed by atoms with Gasteiger partial charge in [0.1, 0.15) is 11.9 Å². The van der Waals surface area contributed by atoms with Gasteiger partial charge in [0.25, 0.3) is 0 Å². The molecule has 1 N–H and O–H groups in total. The summed E-state index contributed by atoms with van der Waals surface area (Å²) in [4.78, 5) is 12.3. The number of fused-ring (bicyclic) bond motifs is 1. The predicted octanol–water partition coefficient (Wildman–Crippen LogP) is 2.80. The predicted molar refractivity (Wildman–Crippen MR) is 109 cm³/mol. The monoisotopic (exact) mass is 405 g/mol. The molecule has 0 saturated heterocycles. The van der Waals surface area contributed by atoms with Crippen molar-refractivity contribution in [1.29, 1.82) is 0 Å². The Hall–Kier alpha value is -3.65. The van der Waals surface area contributed by atoms with Crippen molar-refractivity contribution in [1.82, 2.24) is 25.4 Å². The van der Waals surface area contributed by atoms with Gasteiger partial charge in [0.2, 0.25) is 0 Å². The van der Waals surface area contributed by atoms with Crippen LogP contribution in [0.3, 0.4) is 0 Å². The highest BCUT2D eigenvalue weighted by atomic mass is 19.1. The zero-order chi connectivity index (χ0) is 20.9. The van der Waals surface area contributed by atoms with E-state index < -0.39 is 6.04 Å². The molecular formula is C22H20FN5O2. The van der Waals surface area contributed by atoms with Gasteiger partial charge < -0.3 is 4.74 Å². The van der Waals surface area contributed by atoms with Gasteiger partial charge in [0, 0.05) is 23.9 Å². The van der Waals surface area contributed by atoms with E-state index >= 15 is 0 Å². The van der Waals surface area contributed by atoms with E-state index in [1.165, 1.54) is 19.2 Å². The standard InChI is InChI=1S/C22H20FN5O2/c1-30-22(29)20(11-15-5-3-2-4-6-15)24-13-17-12-18(14-28-21(17)25-26-27-28)16-7-9-19(23)10-8-16/h2-10,12,14,20,24H,11,13H2,1H3. The third-order valence-electron chi connectivity index (χ3n) is 4.86. The molecule has 4 rings (SSSR count). The number of benzene rings is 2. The number of methoxy groups -OCH3 is 1. The molecule has 30 heavy (non-hydrogen) atoms. The van der Waals surface area contributed by atoms with E-state index in [0.29, 0.717) is 18.6 Å². The van der Waals surface area contributed by atoms with Crippen molar-refractivity contribution in [3.63, 3.8) is 0 Å². The quantitative estimate of drug-likeness (QED) is 0.476. The molecule has 7 nitrogen and oxygen atoms in total. The lowest BCUT2D eigenvalue weighted by atomic mass is 10.0. The Morgan fingerprint density at radius 1 is 1.13 bits per heavy atom. The smallest absolute Gasteiger partial charge is 0.323 e. The molecule has 8 heteroatoms. The highest BCUT2D eigenvalue weighted by Gasteiger charge is 2.20. The van der Waals surface area contributed by atoms with Crippen LogP contribution in [-0.2, 0) is 22.5 Å². The van der Waals surface area contributed by atoms with Gasteiger partial charge in [-0.25, -0.2) is 4.39 Å². The van der Waals surface area contributed by atoms with Gasteiger partial charge in [-0.05, 0) is 46.2 Å². The molecule has 2 aromatic heterocycles. The number of pyridine rings is 1. The van der Waals surface area contributed by atoms with Crippen molar-refractivity contribution < 1.29 is 13.9 Å².